The van der Waals surface area contributed by atoms with Gasteiger partial charge in [-0.15, -0.1) is 11.3 Å². The average molecular weight is 248 g/mol. The SMILES string of the molecule is C[C@]12CC[C@@H]3[C@@]1(C)C[C@@]32C(=O)Nc1nccs1. The van der Waals surface area contributed by atoms with Crippen molar-refractivity contribution in [2.75, 3.05) is 5.32 Å². The van der Waals surface area contributed by atoms with E-state index < -0.39 is 0 Å². The fourth-order valence-corrected chi connectivity index (χ4v) is 5.74. The molecule has 0 aromatic carbocycles. The number of rotatable bonds is 2. The minimum Gasteiger partial charge on any atom is -0.301 e. The molecule has 5 fully saturated rings. The molecule has 1 aromatic heterocycles. The van der Waals surface area contributed by atoms with Gasteiger partial charge in [0.05, 0.1) is 5.41 Å². The Morgan fingerprint density at radius 1 is 1.59 bits per heavy atom. The van der Waals surface area contributed by atoms with Crippen molar-refractivity contribution in [3.05, 3.63) is 11.6 Å². The summed E-state index contributed by atoms with van der Waals surface area (Å²) in [5.74, 6) is 0.848. The number of thiazole rings is 1. The summed E-state index contributed by atoms with van der Waals surface area (Å²) in [6.45, 7) is 4.67. The first kappa shape index (κ1) is 10.1. The Labute approximate surface area is 105 Å². The third-order valence-corrected chi connectivity index (χ3v) is 6.93. The lowest BCUT2D eigenvalue weighted by Gasteiger charge is -2.81. The van der Waals surface area contributed by atoms with Gasteiger partial charge in [-0.1, -0.05) is 13.8 Å². The van der Waals surface area contributed by atoms with Crippen molar-refractivity contribution < 1.29 is 4.79 Å². The summed E-state index contributed by atoms with van der Waals surface area (Å²) in [6, 6.07) is 0. The zero-order valence-corrected chi connectivity index (χ0v) is 10.9. The molecule has 1 amide bonds. The van der Waals surface area contributed by atoms with E-state index in [-0.39, 0.29) is 16.7 Å². The Kier molecular flexibility index (Phi) is 1.53. The minimum absolute atomic E-state index is 0.0621. The molecule has 4 heteroatoms. The Morgan fingerprint density at radius 2 is 2.41 bits per heavy atom. The number of nitrogens with one attached hydrogen (secondary N) is 1. The maximum atomic E-state index is 12.5. The van der Waals surface area contributed by atoms with Crippen LogP contribution in [0.2, 0.25) is 0 Å². The summed E-state index contributed by atoms with van der Waals surface area (Å²) in [5, 5.41) is 5.66. The number of carbonyl (C=O) groups is 1. The van der Waals surface area contributed by atoms with Gasteiger partial charge in [-0.05, 0) is 36.0 Å². The van der Waals surface area contributed by atoms with Gasteiger partial charge < -0.3 is 5.32 Å². The molecule has 6 rings (SSSR count). The topological polar surface area (TPSA) is 42.0 Å². The van der Waals surface area contributed by atoms with E-state index in [1.54, 1.807) is 6.20 Å². The van der Waals surface area contributed by atoms with E-state index in [9.17, 15) is 4.79 Å². The lowest BCUT2D eigenvalue weighted by atomic mass is 9.21. The molecule has 0 aliphatic heterocycles. The first-order valence-electron chi connectivity index (χ1n) is 6.26. The van der Waals surface area contributed by atoms with Crippen LogP contribution >= 0.6 is 11.3 Å². The van der Waals surface area contributed by atoms with Crippen LogP contribution in [0.15, 0.2) is 11.6 Å². The molecule has 90 valence electrons. The number of nitrogens with zero attached hydrogens (tertiary/aromatic N) is 1. The highest BCUT2D eigenvalue weighted by atomic mass is 32.1. The van der Waals surface area contributed by atoms with Gasteiger partial charge >= 0.3 is 0 Å². The first-order chi connectivity index (χ1) is 8.05. The van der Waals surface area contributed by atoms with Gasteiger partial charge in [0, 0.05) is 11.6 Å². The van der Waals surface area contributed by atoms with Crippen molar-refractivity contribution in [1.29, 1.82) is 0 Å². The van der Waals surface area contributed by atoms with E-state index in [1.165, 1.54) is 24.2 Å². The first-order valence-corrected chi connectivity index (χ1v) is 7.14. The minimum atomic E-state index is -0.0621. The summed E-state index contributed by atoms with van der Waals surface area (Å²) in [4.78, 5) is 16.7. The van der Waals surface area contributed by atoms with Crippen molar-refractivity contribution in [1.82, 2.24) is 4.98 Å². The molecule has 1 aromatic rings. The highest BCUT2D eigenvalue weighted by molar-refractivity contribution is 7.13. The third-order valence-electron chi connectivity index (χ3n) is 6.25. The maximum absolute atomic E-state index is 12.5. The largest absolute Gasteiger partial charge is 0.301 e. The lowest BCUT2D eigenvalue weighted by Crippen LogP contribution is -2.81. The molecule has 1 heterocycles. The van der Waals surface area contributed by atoms with Crippen LogP contribution in [0.3, 0.4) is 0 Å². The smallest absolute Gasteiger partial charge is 0.233 e. The van der Waals surface area contributed by atoms with Crippen LogP contribution in [0, 0.1) is 22.2 Å². The molecule has 0 unspecified atom stereocenters. The second kappa shape index (κ2) is 2.58. The number of anilines is 1. The van der Waals surface area contributed by atoms with E-state index >= 15 is 0 Å². The lowest BCUT2D eigenvalue weighted by molar-refractivity contribution is -0.326. The van der Waals surface area contributed by atoms with Crippen LogP contribution in [-0.2, 0) is 4.79 Å². The van der Waals surface area contributed by atoms with Crippen LogP contribution in [0.25, 0.3) is 0 Å². The van der Waals surface area contributed by atoms with Gasteiger partial charge in [-0.25, -0.2) is 4.98 Å². The third kappa shape index (κ3) is 0.768. The van der Waals surface area contributed by atoms with Gasteiger partial charge in [0.2, 0.25) is 5.91 Å². The second-order valence-electron chi connectivity index (χ2n) is 6.28. The molecular formula is C13H16N2OS. The van der Waals surface area contributed by atoms with Gasteiger partial charge in [0.15, 0.2) is 5.13 Å². The standard InChI is InChI=1S/C13H16N2OS/c1-11-7-13(8(11)3-4-12(11,13)2)9(16)15-10-14-5-6-17-10/h5-6,8H,3-4,7H2,1-2H3,(H,14,15,16)/t8-,11-,12+,13+/m1/s1. The molecule has 5 aliphatic rings. The van der Waals surface area contributed by atoms with Gasteiger partial charge in [0.1, 0.15) is 0 Å². The van der Waals surface area contributed by atoms with Crippen LogP contribution in [0.1, 0.15) is 33.1 Å². The average Bonchev–Trinajstić information content (AvgIpc) is 2.90. The molecule has 4 atom stereocenters. The predicted molar refractivity (Wildman–Crippen MR) is 66.7 cm³/mol. The zero-order chi connectivity index (χ0) is 11.9. The molecule has 1 N–H and O–H groups in total. The summed E-state index contributed by atoms with van der Waals surface area (Å²) >= 11 is 1.50. The fourth-order valence-electron chi connectivity index (χ4n) is 5.21. The molecule has 3 nitrogen and oxygen atoms in total. The van der Waals surface area contributed by atoms with E-state index in [4.69, 9.17) is 0 Å². The zero-order valence-electron chi connectivity index (χ0n) is 10.1. The number of carbonyl (C=O) groups excluding carboxylic acids is 1. The molecule has 0 spiro atoms. The van der Waals surface area contributed by atoms with Gasteiger partial charge in [-0.3, -0.25) is 4.79 Å². The Hall–Kier alpha value is -0.900. The number of amides is 1. The normalized spacial score (nSPS) is 49.4. The highest BCUT2D eigenvalue weighted by Crippen LogP contribution is 2.93. The summed E-state index contributed by atoms with van der Waals surface area (Å²) < 4.78 is 0. The second-order valence-corrected chi connectivity index (χ2v) is 7.17. The van der Waals surface area contributed by atoms with Crippen LogP contribution in [0.5, 0.6) is 0 Å². The number of aromatic nitrogens is 1. The molecule has 17 heavy (non-hydrogen) atoms. The summed E-state index contributed by atoms with van der Waals surface area (Å²) in [5.41, 5.74) is 0.645. The van der Waals surface area contributed by atoms with Crippen molar-refractivity contribution >= 4 is 22.4 Å². The van der Waals surface area contributed by atoms with Crippen molar-refractivity contribution in [2.24, 2.45) is 22.2 Å². The summed E-state index contributed by atoms with van der Waals surface area (Å²) in [6.07, 6.45) is 5.27. The van der Waals surface area contributed by atoms with Crippen molar-refractivity contribution in [3.63, 3.8) is 0 Å². The Morgan fingerprint density at radius 3 is 2.94 bits per heavy atom. The van der Waals surface area contributed by atoms with Crippen LogP contribution in [0.4, 0.5) is 5.13 Å². The molecule has 5 aliphatic carbocycles. The van der Waals surface area contributed by atoms with Crippen molar-refractivity contribution in [3.8, 4) is 0 Å². The monoisotopic (exact) mass is 248 g/mol. The molecule has 0 saturated heterocycles. The summed E-state index contributed by atoms with van der Waals surface area (Å²) in [7, 11) is 0. The highest BCUT2D eigenvalue weighted by Gasteiger charge is 2.91. The van der Waals surface area contributed by atoms with Crippen LogP contribution in [-0.4, -0.2) is 10.9 Å². The van der Waals surface area contributed by atoms with Crippen molar-refractivity contribution in [2.45, 2.75) is 33.1 Å². The number of hydrogen-bond acceptors (Lipinski definition) is 3. The van der Waals surface area contributed by atoms with E-state index in [1.807, 2.05) is 5.38 Å². The predicted octanol–water partition coefficient (Wildman–Crippen LogP) is 2.91. The maximum Gasteiger partial charge on any atom is 0.233 e. The van der Waals surface area contributed by atoms with Gasteiger partial charge in [0.25, 0.3) is 0 Å². The molecule has 4 bridgehead atoms. The molecule has 0 radical (unpaired) electrons. The Balaban J connectivity index is 1.64. The quantitative estimate of drug-likeness (QED) is 0.874. The fraction of sp³-hybridized carbons (Fsp3) is 0.692. The number of hydrogen-bond donors (Lipinski definition) is 1. The van der Waals surface area contributed by atoms with E-state index in [0.29, 0.717) is 11.3 Å². The van der Waals surface area contributed by atoms with Crippen LogP contribution < -0.4 is 5.32 Å². The Bertz CT molecular complexity index is 513. The molecule has 5 saturated carbocycles. The number of fused-ring (bicyclic) bond motifs is 1. The van der Waals surface area contributed by atoms with E-state index in [2.05, 4.69) is 24.1 Å². The van der Waals surface area contributed by atoms with Gasteiger partial charge in [-0.2, -0.15) is 0 Å². The molecular weight excluding hydrogens is 232 g/mol. The van der Waals surface area contributed by atoms with E-state index in [0.717, 1.165) is 11.6 Å².